The van der Waals surface area contributed by atoms with Crippen molar-refractivity contribution in [1.29, 1.82) is 0 Å². The molecule has 0 saturated carbocycles. The molecular formula is C15H9BrN2O2S2. The van der Waals surface area contributed by atoms with Gasteiger partial charge in [-0.2, -0.15) is 11.3 Å². The molecule has 22 heavy (non-hydrogen) atoms. The van der Waals surface area contributed by atoms with Gasteiger partial charge in [-0.3, -0.25) is 19.8 Å². The van der Waals surface area contributed by atoms with E-state index in [0.717, 1.165) is 10.0 Å². The van der Waals surface area contributed by atoms with E-state index >= 15 is 0 Å². The van der Waals surface area contributed by atoms with Crippen LogP contribution in [0.4, 0.5) is 5.69 Å². The van der Waals surface area contributed by atoms with E-state index in [-0.39, 0.29) is 10.7 Å². The van der Waals surface area contributed by atoms with E-state index < -0.39 is 11.8 Å². The molecule has 0 aliphatic carbocycles. The molecule has 7 heteroatoms. The number of benzene rings is 1. The standard InChI is InChI=1S/C15H9BrN2O2S2/c16-10-1-3-11(4-2-10)18-14(20)12(13(19)17-15(18)21)7-9-5-6-22-8-9/h1-8H,(H,17,19,21). The predicted octanol–water partition coefficient (Wildman–Crippen LogP) is 3.34. The maximum atomic E-state index is 12.7. The van der Waals surface area contributed by atoms with Gasteiger partial charge < -0.3 is 0 Å². The first kappa shape index (κ1) is 15.1. The first-order valence-electron chi connectivity index (χ1n) is 6.25. The molecule has 0 atom stereocenters. The summed E-state index contributed by atoms with van der Waals surface area (Å²) in [4.78, 5) is 26.0. The Balaban J connectivity index is 2.01. The van der Waals surface area contributed by atoms with E-state index in [0.29, 0.717) is 5.69 Å². The van der Waals surface area contributed by atoms with Crippen molar-refractivity contribution in [2.45, 2.75) is 0 Å². The van der Waals surface area contributed by atoms with Gasteiger partial charge in [0.15, 0.2) is 5.11 Å². The van der Waals surface area contributed by atoms with Gasteiger partial charge in [0, 0.05) is 4.47 Å². The zero-order valence-corrected chi connectivity index (χ0v) is 14.3. The summed E-state index contributed by atoms with van der Waals surface area (Å²) in [5.41, 5.74) is 1.48. The highest BCUT2D eigenvalue weighted by Gasteiger charge is 2.34. The number of thiocarbonyl (C=S) groups is 1. The summed E-state index contributed by atoms with van der Waals surface area (Å²) in [5.74, 6) is -0.906. The maximum absolute atomic E-state index is 12.7. The third kappa shape index (κ3) is 2.87. The molecule has 4 nitrogen and oxygen atoms in total. The van der Waals surface area contributed by atoms with Gasteiger partial charge in [0.25, 0.3) is 11.8 Å². The van der Waals surface area contributed by atoms with E-state index in [9.17, 15) is 9.59 Å². The number of anilines is 1. The molecule has 110 valence electrons. The molecule has 0 unspecified atom stereocenters. The zero-order chi connectivity index (χ0) is 15.7. The van der Waals surface area contributed by atoms with Gasteiger partial charge in [-0.1, -0.05) is 15.9 Å². The molecule has 0 radical (unpaired) electrons. The Morgan fingerprint density at radius 2 is 1.91 bits per heavy atom. The summed E-state index contributed by atoms with van der Waals surface area (Å²) in [6.45, 7) is 0. The molecule has 1 aromatic carbocycles. The highest BCUT2D eigenvalue weighted by atomic mass is 79.9. The Labute approximate surface area is 144 Å². The van der Waals surface area contributed by atoms with Gasteiger partial charge in [-0.05, 0) is 64.9 Å². The smallest absolute Gasteiger partial charge is 0.270 e. The molecular weight excluding hydrogens is 384 g/mol. The van der Waals surface area contributed by atoms with Crippen molar-refractivity contribution in [2.24, 2.45) is 0 Å². The Hall–Kier alpha value is -1.83. The van der Waals surface area contributed by atoms with E-state index in [1.165, 1.54) is 16.2 Å². The van der Waals surface area contributed by atoms with Crippen LogP contribution in [0.15, 0.2) is 51.1 Å². The molecule has 2 amide bonds. The van der Waals surface area contributed by atoms with Gasteiger partial charge in [0.1, 0.15) is 5.57 Å². The SMILES string of the molecule is O=C1NC(=S)N(c2ccc(Br)cc2)C(=O)C1=Cc1ccsc1. The summed E-state index contributed by atoms with van der Waals surface area (Å²) in [7, 11) is 0. The highest BCUT2D eigenvalue weighted by molar-refractivity contribution is 9.10. The van der Waals surface area contributed by atoms with Gasteiger partial charge in [-0.15, -0.1) is 0 Å². The molecule has 1 N–H and O–H groups in total. The number of thiophene rings is 1. The van der Waals surface area contributed by atoms with E-state index in [2.05, 4.69) is 21.2 Å². The minimum absolute atomic E-state index is 0.0647. The van der Waals surface area contributed by atoms with Gasteiger partial charge in [0.05, 0.1) is 5.69 Å². The van der Waals surface area contributed by atoms with Crippen LogP contribution >= 0.6 is 39.5 Å². The van der Waals surface area contributed by atoms with Crippen LogP contribution < -0.4 is 10.2 Å². The summed E-state index contributed by atoms with van der Waals surface area (Å²) < 4.78 is 0.893. The molecule has 0 bridgehead atoms. The summed E-state index contributed by atoms with van der Waals surface area (Å²) >= 11 is 9.98. The van der Waals surface area contributed by atoms with Crippen LogP contribution in [-0.2, 0) is 9.59 Å². The van der Waals surface area contributed by atoms with Crippen LogP contribution in [0.3, 0.4) is 0 Å². The zero-order valence-electron chi connectivity index (χ0n) is 11.1. The molecule has 1 aromatic heterocycles. The number of amides is 2. The van der Waals surface area contributed by atoms with Crippen LogP contribution in [0.5, 0.6) is 0 Å². The third-order valence-electron chi connectivity index (χ3n) is 3.04. The van der Waals surface area contributed by atoms with Crippen molar-refractivity contribution in [3.63, 3.8) is 0 Å². The molecule has 3 rings (SSSR count). The lowest BCUT2D eigenvalue weighted by Crippen LogP contribution is -2.54. The molecule has 1 aliphatic heterocycles. The van der Waals surface area contributed by atoms with Crippen LogP contribution in [0.1, 0.15) is 5.56 Å². The lowest BCUT2D eigenvalue weighted by molar-refractivity contribution is -0.122. The molecule has 0 spiro atoms. The number of nitrogens with one attached hydrogen (secondary N) is 1. The Morgan fingerprint density at radius 1 is 1.18 bits per heavy atom. The number of halogens is 1. The fraction of sp³-hybridized carbons (Fsp3) is 0. The average molecular weight is 393 g/mol. The second-order valence-electron chi connectivity index (χ2n) is 4.49. The Bertz CT molecular complexity index is 782. The fourth-order valence-electron chi connectivity index (χ4n) is 2.01. The van der Waals surface area contributed by atoms with Gasteiger partial charge >= 0.3 is 0 Å². The number of rotatable bonds is 2. The summed E-state index contributed by atoms with van der Waals surface area (Å²) in [6.07, 6.45) is 1.57. The predicted molar refractivity (Wildman–Crippen MR) is 94.7 cm³/mol. The minimum Gasteiger partial charge on any atom is -0.298 e. The fourth-order valence-corrected chi connectivity index (χ4v) is 3.17. The van der Waals surface area contributed by atoms with Crippen molar-refractivity contribution >= 4 is 68.2 Å². The number of hydrogen-bond acceptors (Lipinski definition) is 4. The Kier molecular flexibility index (Phi) is 4.19. The van der Waals surface area contributed by atoms with Crippen molar-refractivity contribution in [3.05, 3.63) is 56.7 Å². The van der Waals surface area contributed by atoms with Crippen molar-refractivity contribution < 1.29 is 9.59 Å². The average Bonchev–Trinajstić information content (AvgIpc) is 2.98. The normalized spacial score (nSPS) is 17.0. The van der Waals surface area contributed by atoms with Crippen LogP contribution in [0.25, 0.3) is 6.08 Å². The second kappa shape index (κ2) is 6.12. The maximum Gasteiger partial charge on any atom is 0.270 e. The first-order chi connectivity index (χ1) is 10.6. The number of hydrogen-bond donors (Lipinski definition) is 1. The van der Waals surface area contributed by atoms with E-state index in [1.54, 1.807) is 18.2 Å². The van der Waals surface area contributed by atoms with E-state index in [4.69, 9.17) is 12.2 Å². The van der Waals surface area contributed by atoms with Crippen molar-refractivity contribution in [3.8, 4) is 0 Å². The molecule has 1 saturated heterocycles. The number of carbonyl (C=O) groups excluding carboxylic acids is 2. The largest absolute Gasteiger partial charge is 0.298 e. The van der Waals surface area contributed by atoms with E-state index in [1.807, 2.05) is 29.0 Å². The highest BCUT2D eigenvalue weighted by Crippen LogP contribution is 2.24. The molecule has 2 heterocycles. The number of carbonyl (C=O) groups is 2. The van der Waals surface area contributed by atoms with Crippen LogP contribution in [0.2, 0.25) is 0 Å². The van der Waals surface area contributed by atoms with Crippen LogP contribution in [0, 0.1) is 0 Å². The summed E-state index contributed by atoms with van der Waals surface area (Å²) in [5, 5.41) is 6.39. The van der Waals surface area contributed by atoms with Crippen LogP contribution in [-0.4, -0.2) is 16.9 Å². The van der Waals surface area contributed by atoms with Crippen molar-refractivity contribution in [1.82, 2.24) is 5.32 Å². The minimum atomic E-state index is -0.477. The topological polar surface area (TPSA) is 49.4 Å². The van der Waals surface area contributed by atoms with Gasteiger partial charge in [-0.25, -0.2) is 0 Å². The third-order valence-corrected chi connectivity index (χ3v) is 4.56. The lowest BCUT2D eigenvalue weighted by atomic mass is 10.1. The van der Waals surface area contributed by atoms with Crippen molar-refractivity contribution in [2.75, 3.05) is 4.90 Å². The second-order valence-corrected chi connectivity index (χ2v) is 6.57. The number of nitrogens with zero attached hydrogens (tertiary/aromatic N) is 1. The summed E-state index contributed by atoms with van der Waals surface area (Å²) in [6, 6.07) is 8.98. The first-order valence-corrected chi connectivity index (χ1v) is 8.40. The molecule has 1 fully saturated rings. The lowest BCUT2D eigenvalue weighted by Gasteiger charge is -2.28. The molecule has 1 aliphatic rings. The Morgan fingerprint density at radius 3 is 2.55 bits per heavy atom. The van der Waals surface area contributed by atoms with Gasteiger partial charge in [0.2, 0.25) is 0 Å². The monoisotopic (exact) mass is 392 g/mol. The molecule has 2 aromatic rings. The quantitative estimate of drug-likeness (QED) is 0.484.